The zero-order chi connectivity index (χ0) is 23.3. The van der Waals surface area contributed by atoms with Crippen LogP contribution in [0, 0.1) is 0 Å². The van der Waals surface area contributed by atoms with Crippen LogP contribution < -0.4 is 33.2 Å². The first-order valence-electron chi connectivity index (χ1n) is 9.16. The lowest BCUT2D eigenvalue weighted by molar-refractivity contribution is -0.143. The third-order valence-corrected chi connectivity index (χ3v) is 4.71. The number of unbranched alkanes of at least 4 members (excludes halogenated alkanes) is 1. The Morgan fingerprint density at radius 1 is 0.833 bits per heavy atom. The highest BCUT2D eigenvalue weighted by atomic mass is 32.1. The predicted octanol–water partition coefficient (Wildman–Crippen LogP) is -3.28. The molecule has 0 aliphatic carbocycles. The van der Waals surface area contributed by atoms with Gasteiger partial charge in [-0.15, -0.1) is 0 Å². The van der Waals surface area contributed by atoms with Crippen molar-refractivity contribution in [3.05, 3.63) is 0 Å². The second-order valence-corrected chi connectivity index (χ2v) is 7.18. The largest absolute Gasteiger partial charge is 0.480 e. The minimum absolute atomic E-state index is 0.0628. The Morgan fingerprint density at radius 3 is 1.83 bits per heavy atom. The molecule has 0 spiro atoms. The summed E-state index contributed by atoms with van der Waals surface area (Å²) >= 11 is 7.94. The van der Waals surface area contributed by atoms with Gasteiger partial charge in [0.05, 0.1) is 12.5 Å². The van der Waals surface area contributed by atoms with Crippen molar-refractivity contribution in [2.75, 3.05) is 18.1 Å². The number of hydrogen-bond donors (Lipinski definition) is 9. The van der Waals surface area contributed by atoms with Gasteiger partial charge in [0.15, 0.2) is 0 Å². The summed E-state index contributed by atoms with van der Waals surface area (Å²) in [6, 6.07) is -4.69. The molecule has 0 aliphatic heterocycles. The van der Waals surface area contributed by atoms with Gasteiger partial charge in [-0.05, 0) is 25.8 Å². The maximum absolute atomic E-state index is 12.5. The zero-order valence-electron chi connectivity index (χ0n) is 16.4. The SMILES string of the molecule is NCCCCC(NC(=O)C(CS)NC(=O)C(N)CS)C(=O)NC(CC(N)=O)C(=O)O. The molecule has 0 aromatic heterocycles. The number of carboxylic acids is 1. The van der Waals surface area contributed by atoms with Gasteiger partial charge in [-0.25, -0.2) is 4.79 Å². The molecule has 0 saturated carbocycles. The normalized spacial score (nSPS) is 14.7. The van der Waals surface area contributed by atoms with E-state index in [9.17, 15) is 24.0 Å². The molecule has 4 unspecified atom stereocenters. The number of hydrogen-bond acceptors (Lipinski definition) is 9. The van der Waals surface area contributed by atoms with Gasteiger partial charge in [-0.3, -0.25) is 19.2 Å². The lowest BCUT2D eigenvalue weighted by Gasteiger charge is -2.24. The number of nitrogens with two attached hydrogens (primary N) is 3. The highest BCUT2D eigenvalue weighted by molar-refractivity contribution is 7.80. The molecular formula is C16H30N6O6S2. The van der Waals surface area contributed by atoms with E-state index >= 15 is 0 Å². The van der Waals surface area contributed by atoms with Crippen molar-refractivity contribution < 1.29 is 29.1 Å². The average Bonchev–Trinajstić information content (AvgIpc) is 2.69. The van der Waals surface area contributed by atoms with Crippen LogP contribution in [0.25, 0.3) is 0 Å². The number of nitrogens with one attached hydrogen (secondary N) is 3. The number of thiol groups is 2. The molecule has 12 nitrogen and oxygen atoms in total. The van der Waals surface area contributed by atoms with E-state index in [0.29, 0.717) is 19.4 Å². The number of primary amides is 1. The second kappa shape index (κ2) is 14.9. The van der Waals surface area contributed by atoms with Gasteiger partial charge in [0.25, 0.3) is 0 Å². The van der Waals surface area contributed by atoms with Crippen LogP contribution >= 0.6 is 25.3 Å². The summed E-state index contributed by atoms with van der Waals surface area (Å²) in [7, 11) is 0. The average molecular weight is 467 g/mol. The van der Waals surface area contributed by atoms with Crippen LogP contribution in [0.3, 0.4) is 0 Å². The maximum Gasteiger partial charge on any atom is 0.326 e. The minimum Gasteiger partial charge on any atom is -0.480 e. The first-order chi connectivity index (χ1) is 14.1. The molecule has 0 rings (SSSR count). The molecule has 0 aromatic carbocycles. The first kappa shape index (κ1) is 28.0. The summed E-state index contributed by atoms with van der Waals surface area (Å²) in [4.78, 5) is 59.3. The van der Waals surface area contributed by atoms with Gasteiger partial charge in [-0.1, -0.05) is 0 Å². The van der Waals surface area contributed by atoms with E-state index in [2.05, 4.69) is 41.2 Å². The van der Waals surface area contributed by atoms with Crippen molar-refractivity contribution in [3.8, 4) is 0 Å². The van der Waals surface area contributed by atoms with Crippen molar-refractivity contribution in [1.29, 1.82) is 0 Å². The molecule has 0 aromatic rings. The Kier molecular flexibility index (Phi) is 13.9. The van der Waals surface area contributed by atoms with Gasteiger partial charge in [-0.2, -0.15) is 25.3 Å². The van der Waals surface area contributed by atoms with E-state index in [1.54, 1.807) is 0 Å². The van der Waals surface area contributed by atoms with E-state index in [0.717, 1.165) is 0 Å². The number of carboxylic acid groups (broad SMARTS) is 1. The number of aliphatic carboxylic acids is 1. The van der Waals surface area contributed by atoms with Crippen LogP contribution in [0.2, 0.25) is 0 Å². The summed E-state index contributed by atoms with van der Waals surface area (Å²) in [5.41, 5.74) is 16.0. The minimum atomic E-state index is -1.54. The van der Waals surface area contributed by atoms with Crippen molar-refractivity contribution in [1.82, 2.24) is 16.0 Å². The summed E-state index contributed by atoms with van der Waals surface area (Å²) in [6.07, 6.45) is 0.570. The summed E-state index contributed by atoms with van der Waals surface area (Å²) in [6.45, 7) is 0.360. The molecule has 0 bridgehead atoms. The fourth-order valence-electron chi connectivity index (χ4n) is 2.26. The topological polar surface area (TPSA) is 220 Å². The molecule has 30 heavy (non-hydrogen) atoms. The third kappa shape index (κ3) is 10.7. The Labute approximate surface area is 185 Å². The van der Waals surface area contributed by atoms with E-state index < -0.39 is 60.2 Å². The van der Waals surface area contributed by atoms with Gasteiger partial charge in [0, 0.05) is 11.5 Å². The fourth-order valence-corrected chi connectivity index (χ4v) is 2.69. The standard InChI is InChI=1S/C16H30N6O6S2/c17-4-2-1-3-9(14(25)21-10(16(27)28)5-12(19)23)20-15(26)11(7-30)22-13(24)8(18)6-29/h8-11,29-30H,1-7,17-18H2,(H2,19,23)(H,20,26)(H,21,25)(H,22,24)(H,27,28). The molecule has 0 fully saturated rings. The lowest BCUT2D eigenvalue weighted by atomic mass is 10.1. The van der Waals surface area contributed by atoms with Crippen molar-refractivity contribution in [2.45, 2.75) is 49.9 Å². The molecule has 4 amide bonds. The number of carbonyl (C=O) groups is 5. The molecular weight excluding hydrogens is 436 g/mol. The summed E-state index contributed by atoms with van der Waals surface area (Å²) < 4.78 is 0. The molecule has 172 valence electrons. The molecule has 14 heteroatoms. The van der Waals surface area contributed by atoms with Gasteiger partial charge in [0.2, 0.25) is 23.6 Å². The van der Waals surface area contributed by atoms with E-state index in [1.807, 2.05) is 0 Å². The second-order valence-electron chi connectivity index (χ2n) is 6.45. The quantitative estimate of drug-likeness (QED) is 0.0877. The van der Waals surface area contributed by atoms with E-state index in [-0.39, 0.29) is 17.9 Å². The number of amides is 4. The highest BCUT2D eigenvalue weighted by Crippen LogP contribution is 2.04. The molecule has 0 radical (unpaired) electrons. The van der Waals surface area contributed by atoms with E-state index in [4.69, 9.17) is 22.3 Å². The fraction of sp³-hybridized carbons (Fsp3) is 0.688. The molecule has 10 N–H and O–H groups in total. The highest BCUT2D eigenvalue weighted by Gasteiger charge is 2.30. The maximum atomic E-state index is 12.5. The van der Waals surface area contributed by atoms with Crippen LogP contribution in [0.15, 0.2) is 0 Å². The number of rotatable bonds is 15. The van der Waals surface area contributed by atoms with Crippen molar-refractivity contribution >= 4 is 54.9 Å². The van der Waals surface area contributed by atoms with Crippen LogP contribution in [-0.2, 0) is 24.0 Å². The third-order valence-electron chi connectivity index (χ3n) is 3.95. The monoisotopic (exact) mass is 466 g/mol. The Balaban J connectivity index is 5.26. The van der Waals surface area contributed by atoms with Crippen molar-refractivity contribution in [3.63, 3.8) is 0 Å². The van der Waals surface area contributed by atoms with E-state index in [1.165, 1.54) is 0 Å². The zero-order valence-corrected chi connectivity index (χ0v) is 18.2. The first-order valence-corrected chi connectivity index (χ1v) is 10.4. The Hall–Kier alpha value is -2.03. The lowest BCUT2D eigenvalue weighted by Crippen LogP contribution is -2.58. The summed E-state index contributed by atoms with van der Waals surface area (Å²) in [5.74, 6) is -4.51. The van der Waals surface area contributed by atoms with Gasteiger partial charge < -0.3 is 38.3 Å². The molecule has 0 saturated heterocycles. The predicted molar refractivity (Wildman–Crippen MR) is 116 cm³/mol. The summed E-state index contributed by atoms with van der Waals surface area (Å²) in [5, 5.41) is 16.2. The van der Waals surface area contributed by atoms with Crippen molar-refractivity contribution in [2.24, 2.45) is 17.2 Å². The number of carbonyl (C=O) groups excluding carboxylic acids is 4. The van der Waals surface area contributed by atoms with Crippen LogP contribution in [0.1, 0.15) is 25.7 Å². The Bertz CT molecular complexity index is 623. The molecule has 0 aliphatic rings. The van der Waals surface area contributed by atoms with Gasteiger partial charge in [0.1, 0.15) is 18.1 Å². The molecule has 4 atom stereocenters. The van der Waals surface area contributed by atoms with Crippen LogP contribution in [0.5, 0.6) is 0 Å². The van der Waals surface area contributed by atoms with Crippen LogP contribution in [-0.4, -0.2) is 76.9 Å². The van der Waals surface area contributed by atoms with Crippen LogP contribution in [0.4, 0.5) is 0 Å². The molecule has 0 heterocycles. The Morgan fingerprint density at radius 2 is 1.37 bits per heavy atom. The smallest absolute Gasteiger partial charge is 0.326 e. The van der Waals surface area contributed by atoms with Gasteiger partial charge >= 0.3 is 5.97 Å².